The van der Waals surface area contributed by atoms with E-state index < -0.39 is 32.8 Å². The summed E-state index contributed by atoms with van der Waals surface area (Å²) >= 11 is 0. The fraction of sp³-hybridized carbons (Fsp3) is 0.160. The lowest BCUT2D eigenvalue weighted by Gasteiger charge is -2.26. The molecule has 8 nitrogen and oxygen atoms in total. The first-order valence-corrected chi connectivity index (χ1v) is 12.3. The van der Waals surface area contributed by atoms with Gasteiger partial charge in [0.2, 0.25) is 5.43 Å². The van der Waals surface area contributed by atoms with E-state index in [1.807, 2.05) is 0 Å². The predicted octanol–water partition coefficient (Wildman–Crippen LogP) is 3.96. The number of carboxylic acid groups (broad SMARTS) is 1. The summed E-state index contributed by atoms with van der Waals surface area (Å²) in [5.74, 6) is -2.35. The van der Waals surface area contributed by atoms with Gasteiger partial charge < -0.3 is 9.67 Å². The van der Waals surface area contributed by atoms with Crippen LogP contribution in [0.15, 0.2) is 82.9 Å². The molecule has 0 saturated heterocycles. The van der Waals surface area contributed by atoms with Crippen LogP contribution in [-0.4, -0.2) is 29.0 Å². The number of anilines is 1. The fourth-order valence-electron chi connectivity index (χ4n) is 4.03. The van der Waals surface area contributed by atoms with Crippen molar-refractivity contribution in [2.45, 2.75) is 30.3 Å². The average molecular weight is 494 g/mol. The Morgan fingerprint density at radius 3 is 2.43 bits per heavy atom. The highest BCUT2D eigenvalue weighted by Gasteiger charge is 2.31. The molecule has 0 radical (unpaired) electrons. The quantitative estimate of drug-likeness (QED) is 0.417. The Hall–Kier alpha value is -4.05. The van der Waals surface area contributed by atoms with E-state index >= 15 is 4.39 Å². The van der Waals surface area contributed by atoms with Crippen molar-refractivity contribution in [3.8, 4) is 0 Å². The number of nitrogens with zero attached hydrogens (tertiary/aromatic N) is 3. The number of carbonyl (C=O) groups is 1. The zero-order valence-electron chi connectivity index (χ0n) is 18.3. The van der Waals surface area contributed by atoms with Crippen molar-refractivity contribution in [3.63, 3.8) is 0 Å². The third-order valence-electron chi connectivity index (χ3n) is 5.95. The molecule has 10 heteroatoms. The number of carboxylic acids is 1. The van der Waals surface area contributed by atoms with Crippen molar-refractivity contribution < 1.29 is 22.7 Å². The summed E-state index contributed by atoms with van der Waals surface area (Å²) in [6, 6.07) is 13.1. The summed E-state index contributed by atoms with van der Waals surface area (Å²) in [5.41, 5.74) is -0.653. The largest absolute Gasteiger partial charge is 0.477 e. The van der Waals surface area contributed by atoms with Crippen molar-refractivity contribution in [2.24, 2.45) is 0 Å². The maximum atomic E-state index is 15.6. The summed E-state index contributed by atoms with van der Waals surface area (Å²) in [6.07, 6.45) is 5.82. The van der Waals surface area contributed by atoms with Gasteiger partial charge in [0, 0.05) is 30.0 Å². The van der Waals surface area contributed by atoms with E-state index in [0.29, 0.717) is 5.56 Å². The van der Waals surface area contributed by atoms with E-state index in [2.05, 4.69) is 4.98 Å². The molecule has 1 aliphatic carbocycles. The van der Waals surface area contributed by atoms with Crippen molar-refractivity contribution in [3.05, 3.63) is 100 Å². The lowest BCUT2D eigenvalue weighted by Crippen LogP contribution is -2.31. The Morgan fingerprint density at radius 1 is 1.11 bits per heavy atom. The van der Waals surface area contributed by atoms with Crippen LogP contribution in [0.5, 0.6) is 0 Å². The molecule has 0 bridgehead atoms. The maximum Gasteiger partial charge on any atom is 0.341 e. The van der Waals surface area contributed by atoms with Crippen LogP contribution in [0.4, 0.5) is 10.1 Å². The number of aromatic nitrogens is 2. The van der Waals surface area contributed by atoms with E-state index in [9.17, 15) is 23.1 Å². The maximum absolute atomic E-state index is 15.6. The summed E-state index contributed by atoms with van der Waals surface area (Å²) in [4.78, 5) is 28.3. The first-order chi connectivity index (χ1) is 16.8. The third-order valence-corrected chi connectivity index (χ3v) is 7.72. The smallest absolute Gasteiger partial charge is 0.341 e. The van der Waals surface area contributed by atoms with E-state index in [0.717, 1.165) is 23.2 Å². The van der Waals surface area contributed by atoms with Crippen LogP contribution in [0.2, 0.25) is 0 Å². The minimum atomic E-state index is -4.20. The van der Waals surface area contributed by atoms with Gasteiger partial charge in [0.25, 0.3) is 10.0 Å². The zero-order valence-corrected chi connectivity index (χ0v) is 19.2. The molecule has 0 atom stereocenters. The van der Waals surface area contributed by atoms with E-state index in [1.54, 1.807) is 34.9 Å². The second-order valence-corrected chi connectivity index (χ2v) is 10.2. The highest BCUT2D eigenvalue weighted by molar-refractivity contribution is 7.92. The molecule has 0 unspecified atom stereocenters. The number of hydrogen-bond donors (Lipinski definition) is 1. The minimum Gasteiger partial charge on any atom is -0.477 e. The Balaban J connectivity index is 1.76. The standard InChI is InChI=1S/C25H20FN3O5S/c26-21-12-19-22(28(17-6-7-17)15-20(24(19)30)25(31)32)13-23(21)29(14-16-8-10-27-11-9-16)35(33,34)18-4-2-1-3-5-18/h1-5,8-13,15,17H,6-7,14H2,(H,31,32). The Labute approximate surface area is 199 Å². The number of halogens is 1. The molecule has 0 spiro atoms. The van der Waals surface area contributed by atoms with Gasteiger partial charge in [0.05, 0.1) is 22.6 Å². The Morgan fingerprint density at radius 2 is 1.80 bits per heavy atom. The van der Waals surface area contributed by atoms with Crippen LogP contribution in [0, 0.1) is 5.82 Å². The normalized spacial score (nSPS) is 13.6. The topological polar surface area (TPSA) is 110 Å². The van der Waals surface area contributed by atoms with Crippen LogP contribution in [0.3, 0.4) is 0 Å². The second-order valence-electron chi connectivity index (χ2n) is 8.32. The van der Waals surface area contributed by atoms with Gasteiger partial charge in [0.1, 0.15) is 11.4 Å². The molecule has 1 saturated carbocycles. The van der Waals surface area contributed by atoms with Gasteiger partial charge in [0.15, 0.2) is 0 Å². The zero-order chi connectivity index (χ0) is 24.7. The predicted molar refractivity (Wildman–Crippen MR) is 127 cm³/mol. The van der Waals surface area contributed by atoms with Gasteiger partial charge in [-0.1, -0.05) is 18.2 Å². The average Bonchev–Trinajstić information content (AvgIpc) is 3.69. The molecule has 35 heavy (non-hydrogen) atoms. The van der Waals surface area contributed by atoms with Crippen molar-refractivity contribution in [1.29, 1.82) is 0 Å². The monoisotopic (exact) mass is 493 g/mol. The van der Waals surface area contributed by atoms with E-state index in [-0.39, 0.29) is 34.1 Å². The number of hydrogen-bond acceptors (Lipinski definition) is 5. The Kier molecular flexibility index (Phi) is 5.60. The number of pyridine rings is 2. The van der Waals surface area contributed by atoms with Gasteiger partial charge in [-0.15, -0.1) is 0 Å². The molecule has 1 fully saturated rings. The van der Waals surface area contributed by atoms with E-state index in [1.165, 1.54) is 36.8 Å². The number of sulfonamides is 1. The molecule has 4 aromatic rings. The molecule has 2 aromatic heterocycles. The van der Waals surface area contributed by atoms with Crippen molar-refractivity contribution in [2.75, 3.05) is 4.31 Å². The second kappa shape index (κ2) is 8.62. The highest BCUT2D eigenvalue weighted by atomic mass is 32.2. The van der Waals surface area contributed by atoms with Crippen molar-refractivity contribution >= 4 is 32.6 Å². The molecule has 0 aliphatic heterocycles. The molecular formula is C25H20FN3O5S. The molecule has 178 valence electrons. The number of fused-ring (bicyclic) bond motifs is 1. The number of rotatable bonds is 7. The van der Waals surface area contributed by atoms with Gasteiger partial charge in [-0.2, -0.15) is 0 Å². The lowest BCUT2D eigenvalue weighted by atomic mass is 10.1. The van der Waals surface area contributed by atoms with Gasteiger partial charge in [-0.05, 0) is 54.8 Å². The molecular weight excluding hydrogens is 473 g/mol. The minimum absolute atomic E-state index is 0.0191. The third kappa shape index (κ3) is 4.17. The van der Waals surface area contributed by atoms with Crippen LogP contribution < -0.4 is 9.73 Å². The van der Waals surface area contributed by atoms with Gasteiger partial charge in [-0.25, -0.2) is 17.6 Å². The highest BCUT2D eigenvalue weighted by Crippen LogP contribution is 2.39. The van der Waals surface area contributed by atoms with Crippen LogP contribution in [0.25, 0.3) is 10.9 Å². The summed E-state index contributed by atoms with van der Waals surface area (Å²) in [6.45, 7) is -0.178. The first kappa shape index (κ1) is 22.7. The number of benzene rings is 2. The summed E-state index contributed by atoms with van der Waals surface area (Å²) in [5, 5.41) is 9.35. The van der Waals surface area contributed by atoms with Crippen LogP contribution in [-0.2, 0) is 16.6 Å². The molecule has 2 aromatic carbocycles. The van der Waals surface area contributed by atoms with Gasteiger partial charge in [-0.3, -0.25) is 14.1 Å². The van der Waals surface area contributed by atoms with Crippen molar-refractivity contribution in [1.82, 2.24) is 9.55 Å². The van der Waals surface area contributed by atoms with Crippen LogP contribution in [0.1, 0.15) is 34.8 Å². The molecule has 5 rings (SSSR count). The number of aromatic carboxylic acids is 1. The molecule has 0 amide bonds. The molecule has 1 N–H and O–H groups in total. The summed E-state index contributed by atoms with van der Waals surface area (Å²) < 4.78 is 45.5. The lowest BCUT2D eigenvalue weighted by molar-refractivity contribution is 0.0695. The molecule has 2 heterocycles. The van der Waals surface area contributed by atoms with E-state index in [4.69, 9.17) is 0 Å². The SMILES string of the molecule is O=C(O)c1cn(C2CC2)c2cc(N(Cc3ccncc3)S(=O)(=O)c3ccccc3)c(F)cc2c1=O. The van der Waals surface area contributed by atoms with Gasteiger partial charge >= 0.3 is 5.97 Å². The fourth-order valence-corrected chi connectivity index (χ4v) is 5.50. The summed E-state index contributed by atoms with van der Waals surface area (Å²) in [7, 11) is -4.20. The molecule has 1 aliphatic rings. The Bertz CT molecular complexity index is 1600. The first-order valence-electron chi connectivity index (χ1n) is 10.9. The van der Waals surface area contributed by atoms with Crippen LogP contribution >= 0.6 is 0 Å².